The summed E-state index contributed by atoms with van der Waals surface area (Å²) >= 11 is 0. The van der Waals surface area contributed by atoms with Gasteiger partial charge in [-0.25, -0.2) is 4.99 Å². The summed E-state index contributed by atoms with van der Waals surface area (Å²) in [6.45, 7) is 14.9. The van der Waals surface area contributed by atoms with E-state index in [1.807, 2.05) is 0 Å². The van der Waals surface area contributed by atoms with Crippen molar-refractivity contribution >= 4 is 5.96 Å². The highest BCUT2D eigenvalue weighted by Gasteiger charge is 2.22. The first-order valence-electron chi connectivity index (χ1n) is 10.8. The number of fused-ring (bicyclic) bond motifs is 1. The fourth-order valence-corrected chi connectivity index (χ4v) is 4.09. The van der Waals surface area contributed by atoms with E-state index in [4.69, 9.17) is 14.5 Å². The third-order valence-electron chi connectivity index (χ3n) is 5.47. The first-order valence-corrected chi connectivity index (χ1v) is 10.8. The fourth-order valence-electron chi connectivity index (χ4n) is 4.09. The van der Waals surface area contributed by atoms with E-state index in [-0.39, 0.29) is 6.10 Å². The van der Waals surface area contributed by atoms with Crippen LogP contribution in [-0.4, -0.2) is 56.3 Å². The zero-order valence-electron chi connectivity index (χ0n) is 18.4. The highest BCUT2D eigenvalue weighted by atomic mass is 16.5. The second-order valence-corrected chi connectivity index (χ2v) is 8.25. The monoisotopic (exact) mass is 400 g/mol. The molecule has 2 aliphatic heterocycles. The van der Waals surface area contributed by atoms with Gasteiger partial charge in [0.25, 0.3) is 0 Å². The van der Waals surface area contributed by atoms with Crippen LogP contribution in [0.5, 0.6) is 11.5 Å². The molecule has 0 saturated carbocycles. The molecule has 2 aliphatic rings. The molecular formula is C23H36N4O2. The van der Waals surface area contributed by atoms with E-state index in [0.717, 1.165) is 68.5 Å². The van der Waals surface area contributed by atoms with Gasteiger partial charge in [-0.1, -0.05) is 12.2 Å². The number of benzene rings is 1. The van der Waals surface area contributed by atoms with Crippen molar-refractivity contribution in [1.29, 1.82) is 0 Å². The predicted octanol–water partition coefficient (Wildman–Crippen LogP) is 3.11. The van der Waals surface area contributed by atoms with Crippen molar-refractivity contribution in [2.75, 3.05) is 33.3 Å². The number of nitrogens with one attached hydrogen (secondary N) is 2. The summed E-state index contributed by atoms with van der Waals surface area (Å²) in [5, 5.41) is 7.00. The first-order chi connectivity index (χ1) is 14.0. The SMILES string of the molecule is C=C(C)CN1CCC(NC(=NCc2cc3c(cc2OC)CC(C)O3)NCC)CC1. The number of nitrogens with zero attached hydrogens (tertiary/aromatic N) is 2. The Morgan fingerprint density at radius 1 is 1.34 bits per heavy atom. The maximum atomic E-state index is 5.91. The van der Waals surface area contributed by atoms with Crippen molar-refractivity contribution in [2.45, 2.75) is 58.7 Å². The van der Waals surface area contributed by atoms with Gasteiger partial charge in [-0.2, -0.15) is 0 Å². The summed E-state index contributed by atoms with van der Waals surface area (Å²) in [7, 11) is 1.72. The van der Waals surface area contributed by atoms with Gasteiger partial charge in [0, 0.05) is 49.8 Å². The van der Waals surface area contributed by atoms with Crippen molar-refractivity contribution in [3.05, 3.63) is 35.4 Å². The molecular weight excluding hydrogens is 364 g/mol. The normalized spacial score (nSPS) is 20.1. The molecule has 1 aromatic carbocycles. The Morgan fingerprint density at radius 3 is 2.76 bits per heavy atom. The molecule has 2 heterocycles. The number of guanidine groups is 1. The molecule has 0 aromatic heterocycles. The minimum atomic E-state index is 0.225. The lowest BCUT2D eigenvalue weighted by atomic mass is 10.0. The van der Waals surface area contributed by atoms with Crippen LogP contribution in [0.1, 0.15) is 44.7 Å². The van der Waals surface area contributed by atoms with Gasteiger partial charge in [-0.15, -0.1) is 0 Å². The average Bonchev–Trinajstić information content (AvgIpc) is 3.05. The molecule has 1 fully saturated rings. The zero-order valence-corrected chi connectivity index (χ0v) is 18.4. The largest absolute Gasteiger partial charge is 0.496 e. The van der Waals surface area contributed by atoms with E-state index >= 15 is 0 Å². The number of piperidine rings is 1. The Morgan fingerprint density at radius 2 is 2.10 bits per heavy atom. The van der Waals surface area contributed by atoms with Gasteiger partial charge in [0.2, 0.25) is 0 Å². The third-order valence-corrected chi connectivity index (χ3v) is 5.47. The number of ether oxygens (including phenoxy) is 2. The van der Waals surface area contributed by atoms with Crippen LogP contribution in [0.3, 0.4) is 0 Å². The third kappa shape index (κ3) is 5.89. The van der Waals surface area contributed by atoms with E-state index in [2.05, 4.69) is 55.0 Å². The lowest BCUT2D eigenvalue weighted by Crippen LogP contribution is -2.48. The summed E-state index contributed by atoms with van der Waals surface area (Å²) in [5.41, 5.74) is 3.50. The van der Waals surface area contributed by atoms with Gasteiger partial charge in [0.15, 0.2) is 5.96 Å². The van der Waals surface area contributed by atoms with Gasteiger partial charge in [-0.05, 0) is 45.7 Å². The molecule has 3 rings (SSSR count). The maximum Gasteiger partial charge on any atom is 0.191 e. The number of aliphatic imine (C=N–C) groups is 1. The maximum absolute atomic E-state index is 5.91. The van der Waals surface area contributed by atoms with Crippen LogP contribution in [0.25, 0.3) is 0 Å². The van der Waals surface area contributed by atoms with Crippen LogP contribution in [0.2, 0.25) is 0 Å². The van der Waals surface area contributed by atoms with Crippen LogP contribution in [0.4, 0.5) is 0 Å². The Balaban J connectivity index is 1.63. The molecule has 0 aliphatic carbocycles. The highest BCUT2D eigenvalue weighted by Crippen LogP contribution is 2.35. The van der Waals surface area contributed by atoms with Crippen molar-refractivity contribution in [1.82, 2.24) is 15.5 Å². The van der Waals surface area contributed by atoms with E-state index < -0.39 is 0 Å². The second kappa shape index (κ2) is 10.0. The molecule has 29 heavy (non-hydrogen) atoms. The smallest absolute Gasteiger partial charge is 0.191 e. The van der Waals surface area contributed by atoms with E-state index in [0.29, 0.717) is 12.6 Å². The Labute approximate surface area is 175 Å². The Hall–Kier alpha value is -2.21. The summed E-state index contributed by atoms with van der Waals surface area (Å²) in [6, 6.07) is 4.63. The van der Waals surface area contributed by atoms with Crippen molar-refractivity contribution in [2.24, 2.45) is 4.99 Å². The zero-order chi connectivity index (χ0) is 20.8. The van der Waals surface area contributed by atoms with Gasteiger partial charge >= 0.3 is 0 Å². The minimum Gasteiger partial charge on any atom is -0.496 e. The van der Waals surface area contributed by atoms with Crippen molar-refractivity contribution < 1.29 is 9.47 Å². The van der Waals surface area contributed by atoms with E-state index in [1.54, 1.807) is 7.11 Å². The molecule has 0 amide bonds. The van der Waals surface area contributed by atoms with Gasteiger partial charge < -0.3 is 20.1 Å². The van der Waals surface area contributed by atoms with Crippen LogP contribution >= 0.6 is 0 Å². The number of methoxy groups -OCH3 is 1. The number of hydrogen-bond donors (Lipinski definition) is 2. The van der Waals surface area contributed by atoms with Gasteiger partial charge in [-0.3, -0.25) is 4.90 Å². The molecule has 1 aromatic rings. The molecule has 1 unspecified atom stereocenters. The number of likely N-dealkylation sites (tertiary alicyclic amines) is 1. The quantitative estimate of drug-likeness (QED) is 0.418. The molecule has 1 atom stereocenters. The summed E-state index contributed by atoms with van der Waals surface area (Å²) in [4.78, 5) is 7.30. The van der Waals surface area contributed by atoms with Crippen LogP contribution in [0, 0.1) is 0 Å². The molecule has 1 saturated heterocycles. The first kappa shape index (κ1) is 21.5. The van der Waals surface area contributed by atoms with E-state index in [9.17, 15) is 0 Å². The van der Waals surface area contributed by atoms with Gasteiger partial charge in [0.05, 0.1) is 13.7 Å². The predicted molar refractivity (Wildman–Crippen MR) is 119 cm³/mol. The lowest BCUT2D eigenvalue weighted by Gasteiger charge is -2.33. The second-order valence-electron chi connectivity index (χ2n) is 8.25. The van der Waals surface area contributed by atoms with E-state index in [1.165, 1.54) is 11.1 Å². The molecule has 0 bridgehead atoms. The van der Waals surface area contributed by atoms with Crippen LogP contribution in [-0.2, 0) is 13.0 Å². The average molecular weight is 401 g/mol. The summed E-state index contributed by atoms with van der Waals surface area (Å²) in [6.07, 6.45) is 3.39. The van der Waals surface area contributed by atoms with Crippen LogP contribution < -0.4 is 20.1 Å². The molecule has 2 N–H and O–H groups in total. The number of rotatable bonds is 7. The topological polar surface area (TPSA) is 58.1 Å². The Kier molecular flexibility index (Phi) is 7.42. The number of hydrogen-bond acceptors (Lipinski definition) is 4. The Bertz CT molecular complexity index is 739. The highest BCUT2D eigenvalue weighted by molar-refractivity contribution is 5.80. The van der Waals surface area contributed by atoms with Gasteiger partial charge in [0.1, 0.15) is 17.6 Å². The molecule has 0 radical (unpaired) electrons. The molecule has 6 nitrogen and oxygen atoms in total. The molecule has 6 heteroatoms. The lowest BCUT2D eigenvalue weighted by molar-refractivity contribution is 0.221. The standard InChI is InChI=1S/C23H36N4O2/c1-6-24-23(26-20-7-9-27(10-8-20)15-16(2)3)25-14-19-13-22-18(11-17(4)29-22)12-21(19)28-5/h12-13,17,20H,2,6-11,14-15H2,1,3-5H3,(H2,24,25,26). The summed E-state index contributed by atoms with van der Waals surface area (Å²) in [5.74, 6) is 2.71. The van der Waals surface area contributed by atoms with Crippen LogP contribution in [0.15, 0.2) is 29.3 Å². The molecule has 160 valence electrons. The molecule has 0 spiro atoms. The van der Waals surface area contributed by atoms with Crippen molar-refractivity contribution in [3.63, 3.8) is 0 Å². The fraction of sp³-hybridized carbons (Fsp3) is 0.609. The minimum absolute atomic E-state index is 0.225. The van der Waals surface area contributed by atoms with Crippen molar-refractivity contribution in [3.8, 4) is 11.5 Å². The summed E-state index contributed by atoms with van der Waals surface area (Å²) < 4.78 is 11.5.